The molecule has 0 saturated heterocycles. The molecule has 1 aromatic carbocycles. The zero-order chi connectivity index (χ0) is 15.7. The summed E-state index contributed by atoms with van der Waals surface area (Å²) < 4.78 is 12.5. The average Bonchev–Trinajstić information content (AvgIpc) is 2.83. The van der Waals surface area contributed by atoms with Gasteiger partial charge in [-0.05, 0) is 36.2 Å². The molecule has 5 heteroatoms. The molecule has 114 valence electrons. The molecule has 0 aliphatic carbocycles. The average molecular weight is 297 g/mol. The molecule has 0 saturated carbocycles. The lowest BCUT2D eigenvalue weighted by Gasteiger charge is -2.09. The standard InChI is InChI=1S/C17H19N3O2/c1-11-4-7-16-19-13(17(18)20(16)10-11)8-12-5-6-14(21-2)15(9-12)22-3/h4-7,9-10H,8,18H2,1-3H3. The maximum atomic E-state index is 6.23. The Morgan fingerprint density at radius 1 is 1.09 bits per heavy atom. The molecule has 0 amide bonds. The maximum absolute atomic E-state index is 6.23. The quantitative estimate of drug-likeness (QED) is 0.804. The first-order valence-electron chi connectivity index (χ1n) is 7.06. The number of benzene rings is 1. The lowest BCUT2D eigenvalue weighted by atomic mass is 10.1. The lowest BCUT2D eigenvalue weighted by molar-refractivity contribution is 0.354. The summed E-state index contributed by atoms with van der Waals surface area (Å²) in [7, 11) is 3.25. The highest BCUT2D eigenvalue weighted by atomic mass is 16.5. The minimum absolute atomic E-state index is 0.646. The van der Waals surface area contributed by atoms with Crippen LogP contribution < -0.4 is 15.2 Å². The topological polar surface area (TPSA) is 61.8 Å². The van der Waals surface area contributed by atoms with E-state index in [1.54, 1.807) is 14.2 Å². The molecular formula is C17H19N3O2. The van der Waals surface area contributed by atoms with Gasteiger partial charge in [0, 0.05) is 12.6 Å². The van der Waals surface area contributed by atoms with E-state index in [-0.39, 0.29) is 0 Å². The highest BCUT2D eigenvalue weighted by Gasteiger charge is 2.11. The largest absolute Gasteiger partial charge is 0.493 e. The second kappa shape index (κ2) is 5.60. The van der Waals surface area contributed by atoms with E-state index in [1.165, 1.54) is 0 Å². The molecule has 0 aliphatic heterocycles. The number of ether oxygens (including phenoxy) is 2. The summed E-state index contributed by atoms with van der Waals surface area (Å²) in [6.07, 6.45) is 2.64. The van der Waals surface area contributed by atoms with Gasteiger partial charge in [-0.25, -0.2) is 4.98 Å². The van der Waals surface area contributed by atoms with Gasteiger partial charge in [-0.15, -0.1) is 0 Å². The smallest absolute Gasteiger partial charge is 0.160 e. The molecule has 0 unspecified atom stereocenters. The Morgan fingerprint density at radius 2 is 1.86 bits per heavy atom. The zero-order valence-electron chi connectivity index (χ0n) is 13.0. The third kappa shape index (κ3) is 2.45. The predicted molar refractivity (Wildman–Crippen MR) is 86.7 cm³/mol. The Morgan fingerprint density at radius 3 is 2.59 bits per heavy atom. The first-order valence-corrected chi connectivity index (χ1v) is 7.06. The van der Waals surface area contributed by atoms with Crippen LogP contribution in [0.1, 0.15) is 16.8 Å². The van der Waals surface area contributed by atoms with E-state index >= 15 is 0 Å². The number of aromatic nitrogens is 2. The van der Waals surface area contributed by atoms with Crippen LogP contribution in [0, 0.1) is 6.92 Å². The predicted octanol–water partition coefficient (Wildman–Crippen LogP) is 2.83. The van der Waals surface area contributed by atoms with Gasteiger partial charge < -0.3 is 15.2 Å². The van der Waals surface area contributed by atoms with E-state index in [0.717, 1.165) is 22.5 Å². The minimum atomic E-state index is 0.646. The maximum Gasteiger partial charge on any atom is 0.160 e. The van der Waals surface area contributed by atoms with E-state index in [0.29, 0.717) is 23.7 Å². The lowest BCUT2D eigenvalue weighted by Crippen LogP contribution is -1.98. The van der Waals surface area contributed by atoms with Crippen LogP contribution in [0.4, 0.5) is 5.82 Å². The number of rotatable bonds is 4. The molecule has 2 heterocycles. The van der Waals surface area contributed by atoms with Crippen molar-refractivity contribution < 1.29 is 9.47 Å². The highest BCUT2D eigenvalue weighted by Crippen LogP contribution is 2.29. The monoisotopic (exact) mass is 297 g/mol. The zero-order valence-corrected chi connectivity index (χ0v) is 13.0. The third-order valence-electron chi connectivity index (χ3n) is 3.70. The van der Waals surface area contributed by atoms with Crippen molar-refractivity contribution in [2.45, 2.75) is 13.3 Å². The van der Waals surface area contributed by atoms with Crippen LogP contribution in [0.3, 0.4) is 0 Å². The summed E-state index contributed by atoms with van der Waals surface area (Å²) in [5.74, 6) is 2.09. The summed E-state index contributed by atoms with van der Waals surface area (Å²) in [5, 5.41) is 0. The summed E-state index contributed by atoms with van der Waals surface area (Å²) >= 11 is 0. The number of hydrogen-bond donors (Lipinski definition) is 1. The summed E-state index contributed by atoms with van der Waals surface area (Å²) in [6.45, 7) is 2.03. The number of imidazole rings is 1. The van der Waals surface area contributed by atoms with Crippen molar-refractivity contribution >= 4 is 11.5 Å². The van der Waals surface area contributed by atoms with Crippen LogP contribution in [0.2, 0.25) is 0 Å². The number of nitrogens with two attached hydrogens (primary N) is 1. The van der Waals surface area contributed by atoms with Crippen LogP contribution in [-0.2, 0) is 6.42 Å². The Labute approximate surface area is 129 Å². The van der Waals surface area contributed by atoms with Crippen molar-refractivity contribution in [3.63, 3.8) is 0 Å². The van der Waals surface area contributed by atoms with E-state index < -0.39 is 0 Å². The number of pyridine rings is 1. The van der Waals surface area contributed by atoms with Crippen molar-refractivity contribution in [1.29, 1.82) is 0 Å². The molecular weight excluding hydrogens is 278 g/mol. The molecule has 5 nitrogen and oxygen atoms in total. The fraction of sp³-hybridized carbons (Fsp3) is 0.235. The van der Waals surface area contributed by atoms with Gasteiger partial charge in [-0.3, -0.25) is 4.40 Å². The van der Waals surface area contributed by atoms with Gasteiger partial charge >= 0.3 is 0 Å². The number of anilines is 1. The van der Waals surface area contributed by atoms with Crippen molar-refractivity contribution in [2.24, 2.45) is 0 Å². The molecule has 3 rings (SSSR count). The van der Waals surface area contributed by atoms with E-state index in [2.05, 4.69) is 4.98 Å². The molecule has 2 aromatic heterocycles. The molecule has 0 aliphatic rings. The highest BCUT2D eigenvalue weighted by molar-refractivity contribution is 5.55. The molecule has 0 bridgehead atoms. The first-order chi connectivity index (χ1) is 10.6. The summed E-state index contributed by atoms with van der Waals surface area (Å²) in [4.78, 5) is 4.61. The number of aryl methyl sites for hydroxylation is 1. The minimum Gasteiger partial charge on any atom is -0.493 e. The van der Waals surface area contributed by atoms with Crippen molar-refractivity contribution in [3.8, 4) is 11.5 Å². The molecule has 22 heavy (non-hydrogen) atoms. The fourth-order valence-electron chi connectivity index (χ4n) is 2.53. The third-order valence-corrected chi connectivity index (χ3v) is 3.70. The van der Waals surface area contributed by atoms with Crippen LogP contribution in [0.25, 0.3) is 5.65 Å². The molecule has 0 fully saturated rings. The van der Waals surface area contributed by atoms with Crippen LogP contribution in [0.5, 0.6) is 11.5 Å². The number of nitrogens with zero attached hydrogens (tertiary/aromatic N) is 2. The summed E-state index contributed by atoms with van der Waals surface area (Å²) in [5.41, 5.74) is 10.2. The van der Waals surface area contributed by atoms with Gasteiger partial charge in [-0.1, -0.05) is 12.1 Å². The Kier molecular flexibility index (Phi) is 3.63. The van der Waals surface area contributed by atoms with Crippen molar-refractivity contribution in [2.75, 3.05) is 20.0 Å². The molecule has 0 spiro atoms. The normalized spacial score (nSPS) is 10.9. The Balaban J connectivity index is 1.98. The first kappa shape index (κ1) is 14.3. The number of fused-ring (bicyclic) bond motifs is 1. The van der Waals surface area contributed by atoms with E-state index in [1.807, 2.05) is 47.9 Å². The second-order valence-corrected chi connectivity index (χ2v) is 5.24. The van der Waals surface area contributed by atoms with Gasteiger partial charge in [0.05, 0.1) is 19.9 Å². The van der Waals surface area contributed by atoms with Gasteiger partial charge in [0.15, 0.2) is 11.5 Å². The van der Waals surface area contributed by atoms with Gasteiger partial charge in [0.25, 0.3) is 0 Å². The second-order valence-electron chi connectivity index (χ2n) is 5.24. The molecule has 0 radical (unpaired) electrons. The van der Waals surface area contributed by atoms with Crippen molar-refractivity contribution in [3.05, 3.63) is 53.3 Å². The molecule has 2 N–H and O–H groups in total. The number of methoxy groups -OCH3 is 2. The fourth-order valence-corrected chi connectivity index (χ4v) is 2.53. The van der Waals surface area contributed by atoms with Gasteiger partial charge in [-0.2, -0.15) is 0 Å². The van der Waals surface area contributed by atoms with Crippen LogP contribution in [-0.4, -0.2) is 23.6 Å². The van der Waals surface area contributed by atoms with Crippen LogP contribution >= 0.6 is 0 Å². The Hall–Kier alpha value is -2.69. The van der Waals surface area contributed by atoms with Gasteiger partial charge in [0.2, 0.25) is 0 Å². The SMILES string of the molecule is COc1ccc(Cc2nc3ccc(C)cn3c2N)cc1OC. The van der Waals surface area contributed by atoms with E-state index in [9.17, 15) is 0 Å². The Bertz CT molecular complexity index is 824. The van der Waals surface area contributed by atoms with Gasteiger partial charge in [0.1, 0.15) is 11.5 Å². The molecule has 0 atom stereocenters. The van der Waals surface area contributed by atoms with E-state index in [4.69, 9.17) is 15.2 Å². The van der Waals surface area contributed by atoms with Crippen molar-refractivity contribution in [1.82, 2.24) is 9.38 Å². The molecule has 3 aromatic rings. The number of nitrogen functional groups attached to an aromatic ring is 1. The summed E-state index contributed by atoms with van der Waals surface area (Å²) in [6, 6.07) is 9.85. The number of hydrogen-bond acceptors (Lipinski definition) is 4. The van der Waals surface area contributed by atoms with Crippen LogP contribution in [0.15, 0.2) is 36.5 Å².